The van der Waals surface area contributed by atoms with Crippen molar-refractivity contribution in [2.75, 3.05) is 25.1 Å². The lowest BCUT2D eigenvalue weighted by molar-refractivity contribution is 0.121. The first kappa shape index (κ1) is 12.2. The largest absolute Gasteiger partial charge is 0.380 e. The summed E-state index contributed by atoms with van der Waals surface area (Å²) in [7, 11) is 1.78. The molecule has 2 heterocycles. The van der Waals surface area contributed by atoms with Crippen LogP contribution in [0.1, 0.15) is 38.1 Å². The van der Waals surface area contributed by atoms with E-state index in [1.807, 2.05) is 0 Å². The van der Waals surface area contributed by atoms with E-state index in [9.17, 15) is 0 Å². The molecule has 0 amide bonds. The average molecular weight is 268 g/mol. The monoisotopic (exact) mass is 268 g/mol. The first-order valence-corrected chi connectivity index (χ1v) is 7.15. The Morgan fingerprint density at radius 1 is 1.33 bits per heavy atom. The number of methoxy groups -OCH3 is 1. The number of nitrogens with zero attached hydrogens (tertiary/aromatic N) is 3. The highest BCUT2D eigenvalue weighted by Crippen LogP contribution is 2.33. The molecule has 3 rings (SSSR count). The zero-order valence-corrected chi connectivity index (χ0v) is 11.6. The van der Waals surface area contributed by atoms with E-state index in [0.29, 0.717) is 12.1 Å². The van der Waals surface area contributed by atoms with Gasteiger partial charge in [-0.1, -0.05) is 12.8 Å². The van der Waals surface area contributed by atoms with E-state index in [-0.39, 0.29) is 0 Å². The summed E-state index contributed by atoms with van der Waals surface area (Å²) in [5.41, 5.74) is 0. The van der Waals surface area contributed by atoms with Gasteiger partial charge in [-0.25, -0.2) is 5.10 Å². The molecule has 0 radical (unpaired) electrons. The van der Waals surface area contributed by atoms with Gasteiger partial charge in [0.2, 0.25) is 5.95 Å². The van der Waals surface area contributed by atoms with Crippen LogP contribution >= 0.6 is 12.2 Å². The number of hydrogen-bond donors (Lipinski definition) is 1. The lowest BCUT2D eigenvalue weighted by Gasteiger charge is -2.21. The van der Waals surface area contributed by atoms with E-state index in [1.54, 1.807) is 7.11 Å². The number of aromatic amines is 1. The SMILES string of the molecule is COC1CCN(c2n[nH]c(=S)n2C2CCCC2)C1. The molecule has 1 atom stereocenters. The van der Waals surface area contributed by atoms with Crippen LogP contribution in [0.15, 0.2) is 0 Å². The summed E-state index contributed by atoms with van der Waals surface area (Å²) in [6, 6.07) is 0.535. The van der Waals surface area contributed by atoms with Gasteiger partial charge in [0, 0.05) is 26.2 Å². The molecular formula is C12H20N4OS. The minimum atomic E-state index is 0.326. The number of aromatic nitrogens is 3. The molecule has 1 aliphatic carbocycles. The van der Waals surface area contributed by atoms with E-state index in [4.69, 9.17) is 17.0 Å². The smallest absolute Gasteiger partial charge is 0.226 e. The fourth-order valence-corrected chi connectivity index (χ4v) is 3.39. The van der Waals surface area contributed by atoms with Crippen LogP contribution in [0, 0.1) is 4.77 Å². The number of rotatable bonds is 3. The Labute approximate surface area is 112 Å². The van der Waals surface area contributed by atoms with Gasteiger partial charge < -0.3 is 9.64 Å². The Morgan fingerprint density at radius 3 is 2.78 bits per heavy atom. The van der Waals surface area contributed by atoms with Crippen LogP contribution in [0.2, 0.25) is 0 Å². The minimum Gasteiger partial charge on any atom is -0.380 e. The third-order valence-corrected chi connectivity index (χ3v) is 4.42. The van der Waals surface area contributed by atoms with Crippen molar-refractivity contribution < 1.29 is 4.74 Å². The molecular weight excluding hydrogens is 248 g/mol. The van der Waals surface area contributed by atoms with E-state index in [2.05, 4.69) is 19.7 Å². The van der Waals surface area contributed by atoms with E-state index >= 15 is 0 Å². The van der Waals surface area contributed by atoms with Gasteiger partial charge in [0.25, 0.3) is 0 Å². The summed E-state index contributed by atoms with van der Waals surface area (Å²) in [5.74, 6) is 1.01. The average Bonchev–Trinajstić information content (AvgIpc) is 3.07. The number of H-pyrrole nitrogens is 1. The van der Waals surface area contributed by atoms with Crippen LogP contribution < -0.4 is 4.90 Å². The van der Waals surface area contributed by atoms with Crippen LogP contribution in [0.4, 0.5) is 5.95 Å². The van der Waals surface area contributed by atoms with Gasteiger partial charge in [0.05, 0.1) is 6.10 Å². The predicted octanol–water partition coefficient (Wildman–Crippen LogP) is 2.28. The van der Waals surface area contributed by atoms with Crippen molar-refractivity contribution in [2.45, 2.75) is 44.2 Å². The molecule has 1 saturated heterocycles. The highest BCUT2D eigenvalue weighted by molar-refractivity contribution is 7.71. The zero-order chi connectivity index (χ0) is 12.5. The Hall–Kier alpha value is -0.880. The first-order chi connectivity index (χ1) is 8.79. The second kappa shape index (κ2) is 5.01. The number of hydrogen-bond acceptors (Lipinski definition) is 4. The Morgan fingerprint density at radius 2 is 2.11 bits per heavy atom. The van der Waals surface area contributed by atoms with Crippen molar-refractivity contribution in [2.24, 2.45) is 0 Å². The molecule has 1 saturated carbocycles. The quantitative estimate of drug-likeness (QED) is 0.854. The molecule has 1 aliphatic heterocycles. The third-order valence-electron chi connectivity index (χ3n) is 4.14. The fraction of sp³-hybridized carbons (Fsp3) is 0.833. The standard InChI is InChI=1S/C12H20N4OS/c1-17-10-6-7-15(8-10)11-13-14-12(18)16(11)9-4-2-3-5-9/h9-10H,2-8H2,1H3,(H,14,18). The first-order valence-electron chi connectivity index (χ1n) is 6.74. The Kier molecular flexibility index (Phi) is 3.39. The van der Waals surface area contributed by atoms with Crippen LogP contribution in [-0.4, -0.2) is 41.1 Å². The van der Waals surface area contributed by atoms with Crippen LogP contribution in [0.3, 0.4) is 0 Å². The van der Waals surface area contributed by atoms with Crippen molar-refractivity contribution in [1.82, 2.24) is 14.8 Å². The van der Waals surface area contributed by atoms with Gasteiger partial charge in [-0.3, -0.25) is 4.57 Å². The highest BCUT2D eigenvalue weighted by atomic mass is 32.1. The minimum absolute atomic E-state index is 0.326. The maximum absolute atomic E-state index is 5.42. The topological polar surface area (TPSA) is 46.1 Å². The van der Waals surface area contributed by atoms with Gasteiger partial charge in [0.15, 0.2) is 4.77 Å². The molecule has 5 nitrogen and oxygen atoms in total. The molecule has 0 spiro atoms. The number of anilines is 1. The van der Waals surface area contributed by atoms with Gasteiger partial charge in [-0.15, -0.1) is 5.10 Å². The van der Waals surface area contributed by atoms with Crippen LogP contribution in [0.5, 0.6) is 0 Å². The Bertz CT molecular complexity index is 463. The molecule has 0 aromatic carbocycles. The molecule has 18 heavy (non-hydrogen) atoms. The molecule has 1 aromatic rings. The summed E-state index contributed by atoms with van der Waals surface area (Å²) in [4.78, 5) is 2.29. The lowest BCUT2D eigenvalue weighted by Crippen LogP contribution is -2.26. The van der Waals surface area contributed by atoms with E-state index in [0.717, 1.165) is 30.2 Å². The molecule has 2 aliphatic rings. The maximum atomic E-state index is 5.42. The lowest BCUT2D eigenvalue weighted by atomic mass is 10.2. The van der Waals surface area contributed by atoms with Gasteiger partial charge in [-0.05, 0) is 31.5 Å². The molecule has 1 N–H and O–H groups in total. The Balaban J connectivity index is 1.86. The molecule has 2 fully saturated rings. The van der Waals surface area contributed by atoms with Crippen molar-refractivity contribution in [3.8, 4) is 0 Å². The fourth-order valence-electron chi connectivity index (χ4n) is 3.11. The second-order valence-corrected chi connectivity index (χ2v) is 5.62. The van der Waals surface area contributed by atoms with Crippen molar-refractivity contribution in [3.05, 3.63) is 4.77 Å². The van der Waals surface area contributed by atoms with Gasteiger partial charge in [0.1, 0.15) is 0 Å². The van der Waals surface area contributed by atoms with Crippen LogP contribution in [0.25, 0.3) is 0 Å². The summed E-state index contributed by atoms with van der Waals surface area (Å²) >= 11 is 5.39. The summed E-state index contributed by atoms with van der Waals surface area (Å²) < 4.78 is 8.40. The second-order valence-electron chi connectivity index (χ2n) is 5.23. The van der Waals surface area contributed by atoms with Gasteiger partial charge >= 0.3 is 0 Å². The van der Waals surface area contributed by atoms with E-state index < -0.39 is 0 Å². The summed E-state index contributed by atoms with van der Waals surface area (Å²) in [6.07, 6.45) is 6.45. The maximum Gasteiger partial charge on any atom is 0.226 e. The normalized spacial score (nSPS) is 25.2. The summed E-state index contributed by atoms with van der Waals surface area (Å²) in [6.45, 7) is 1.92. The van der Waals surface area contributed by atoms with Crippen molar-refractivity contribution in [1.29, 1.82) is 0 Å². The predicted molar refractivity (Wildman–Crippen MR) is 72.5 cm³/mol. The molecule has 6 heteroatoms. The van der Waals surface area contributed by atoms with Crippen LogP contribution in [-0.2, 0) is 4.74 Å². The molecule has 0 bridgehead atoms. The number of ether oxygens (including phenoxy) is 1. The summed E-state index contributed by atoms with van der Waals surface area (Å²) in [5, 5.41) is 7.38. The third kappa shape index (κ3) is 2.07. The van der Waals surface area contributed by atoms with Gasteiger partial charge in [-0.2, -0.15) is 0 Å². The highest BCUT2D eigenvalue weighted by Gasteiger charge is 2.29. The zero-order valence-electron chi connectivity index (χ0n) is 10.8. The molecule has 1 unspecified atom stereocenters. The van der Waals surface area contributed by atoms with Crippen molar-refractivity contribution >= 4 is 18.2 Å². The van der Waals surface area contributed by atoms with E-state index in [1.165, 1.54) is 25.7 Å². The number of nitrogens with one attached hydrogen (secondary N) is 1. The van der Waals surface area contributed by atoms with Crippen molar-refractivity contribution in [3.63, 3.8) is 0 Å². The molecule has 1 aromatic heterocycles. The molecule has 100 valence electrons.